The molecule has 0 bridgehead atoms. The fraction of sp³-hybridized carbons (Fsp3) is 0. The van der Waals surface area contributed by atoms with Crippen LogP contribution in [0, 0.1) is 0 Å². The van der Waals surface area contributed by atoms with Crippen molar-refractivity contribution in [3.05, 3.63) is 237 Å². The van der Waals surface area contributed by atoms with Crippen molar-refractivity contribution in [2.45, 2.75) is 0 Å². The van der Waals surface area contributed by atoms with Crippen molar-refractivity contribution < 1.29 is 0 Å². The van der Waals surface area contributed by atoms with Crippen LogP contribution in [0.4, 0.5) is 0 Å². The summed E-state index contributed by atoms with van der Waals surface area (Å²) in [5.74, 6) is 1.86. The minimum Gasteiger partial charge on any atom is -0.308 e. The van der Waals surface area contributed by atoms with Crippen molar-refractivity contribution in [1.82, 2.24) is 24.1 Å². The molecule has 6 heteroatoms. The van der Waals surface area contributed by atoms with Gasteiger partial charge in [0.05, 0.1) is 31.5 Å². The van der Waals surface area contributed by atoms with E-state index in [1.165, 1.54) is 63.8 Å². The molecule has 0 amide bonds. The molecule has 0 aliphatic carbocycles. The zero-order chi connectivity index (χ0) is 45.4. The van der Waals surface area contributed by atoms with Gasteiger partial charge in [-0.3, -0.25) is 0 Å². The van der Waals surface area contributed by atoms with Crippen molar-refractivity contribution in [1.29, 1.82) is 0 Å². The Kier molecular flexibility index (Phi) is 9.00. The summed E-state index contributed by atoms with van der Waals surface area (Å²) in [6.07, 6.45) is 0. The third-order valence-corrected chi connectivity index (χ3v) is 14.8. The fourth-order valence-electron chi connectivity index (χ4n) is 10.4. The molecule has 0 fully saturated rings. The SMILES string of the molecule is c1ccc(-c2ccc(-c3nc(-c4ccc(-n5c6ccccc6c6ccc7c8ccc9c%10ccccc%10n(-c%10ccccc%10)c9c8sc7c65)cc4)nc(-c4ccccc4-c4ccccc4)n3)cc2)cc1. The molecule has 69 heavy (non-hydrogen) atoms. The first-order chi connectivity index (χ1) is 34.2. The second-order valence-corrected chi connectivity index (χ2v) is 18.5. The quantitative estimate of drug-likeness (QED) is 0.160. The first-order valence-corrected chi connectivity index (χ1v) is 24.1. The van der Waals surface area contributed by atoms with Gasteiger partial charge >= 0.3 is 0 Å². The number of nitrogens with zero attached hydrogens (tertiary/aromatic N) is 5. The molecule has 14 rings (SSSR count). The number of rotatable bonds is 7. The summed E-state index contributed by atoms with van der Waals surface area (Å²) in [6, 6.07) is 84.2. The lowest BCUT2D eigenvalue weighted by Crippen LogP contribution is -2.01. The zero-order valence-corrected chi connectivity index (χ0v) is 38.0. The number of aromatic nitrogens is 5. The smallest absolute Gasteiger partial charge is 0.164 e. The Hall–Kier alpha value is -8.97. The Balaban J connectivity index is 0.947. The summed E-state index contributed by atoms with van der Waals surface area (Å²) in [5.41, 5.74) is 14.3. The second-order valence-electron chi connectivity index (χ2n) is 17.5. The fourth-order valence-corrected chi connectivity index (χ4v) is 11.8. The van der Waals surface area contributed by atoms with Crippen LogP contribution in [-0.2, 0) is 0 Å². The van der Waals surface area contributed by atoms with Crippen LogP contribution in [0.1, 0.15) is 0 Å². The molecule has 4 heterocycles. The number of hydrogen-bond donors (Lipinski definition) is 0. The maximum Gasteiger partial charge on any atom is 0.164 e. The molecular formula is C63H39N5S. The van der Waals surface area contributed by atoms with Crippen molar-refractivity contribution in [3.8, 4) is 67.8 Å². The van der Waals surface area contributed by atoms with Crippen molar-refractivity contribution in [2.75, 3.05) is 0 Å². The summed E-state index contributed by atoms with van der Waals surface area (Å²) < 4.78 is 7.45. The van der Waals surface area contributed by atoms with E-state index in [1.54, 1.807) is 0 Å². The van der Waals surface area contributed by atoms with Crippen LogP contribution < -0.4 is 0 Å². The van der Waals surface area contributed by atoms with Gasteiger partial charge in [-0.15, -0.1) is 11.3 Å². The molecule has 14 aromatic rings. The Morgan fingerprint density at radius 1 is 0.261 bits per heavy atom. The lowest BCUT2D eigenvalue weighted by molar-refractivity contribution is 1.07. The van der Waals surface area contributed by atoms with Gasteiger partial charge in [-0.2, -0.15) is 0 Å². The Morgan fingerprint density at radius 3 is 1.22 bits per heavy atom. The monoisotopic (exact) mass is 897 g/mol. The topological polar surface area (TPSA) is 48.5 Å². The largest absolute Gasteiger partial charge is 0.308 e. The van der Waals surface area contributed by atoms with Crippen molar-refractivity contribution in [2.24, 2.45) is 0 Å². The molecule has 0 saturated heterocycles. The molecule has 0 unspecified atom stereocenters. The minimum absolute atomic E-state index is 0.614. The summed E-state index contributed by atoms with van der Waals surface area (Å²) in [4.78, 5) is 15.6. The van der Waals surface area contributed by atoms with Gasteiger partial charge in [0, 0.05) is 60.4 Å². The Labute approximate surface area is 401 Å². The number of para-hydroxylation sites is 3. The average molecular weight is 898 g/mol. The van der Waals surface area contributed by atoms with Gasteiger partial charge in [-0.1, -0.05) is 188 Å². The Morgan fingerprint density at radius 2 is 0.652 bits per heavy atom. The van der Waals surface area contributed by atoms with Gasteiger partial charge in [0.2, 0.25) is 0 Å². The molecule has 5 nitrogen and oxygen atoms in total. The van der Waals surface area contributed by atoms with E-state index in [1.807, 2.05) is 23.5 Å². The van der Waals surface area contributed by atoms with E-state index >= 15 is 0 Å². The van der Waals surface area contributed by atoms with Gasteiger partial charge in [0.15, 0.2) is 17.5 Å². The molecule has 0 spiro atoms. The van der Waals surface area contributed by atoms with Crippen molar-refractivity contribution in [3.63, 3.8) is 0 Å². The molecule has 4 aromatic heterocycles. The van der Waals surface area contributed by atoms with Crippen molar-refractivity contribution >= 4 is 75.1 Å². The first-order valence-electron chi connectivity index (χ1n) is 23.3. The summed E-state index contributed by atoms with van der Waals surface area (Å²) in [5, 5.41) is 7.50. The van der Waals surface area contributed by atoms with Gasteiger partial charge in [-0.25, -0.2) is 15.0 Å². The van der Waals surface area contributed by atoms with Crippen LogP contribution in [0.25, 0.3) is 132 Å². The van der Waals surface area contributed by atoms with E-state index < -0.39 is 0 Å². The van der Waals surface area contributed by atoms with E-state index in [9.17, 15) is 0 Å². The van der Waals surface area contributed by atoms with E-state index in [2.05, 4.69) is 234 Å². The summed E-state index contributed by atoms with van der Waals surface area (Å²) in [7, 11) is 0. The third kappa shape index (κ3) is 6.34. The van der Waals surface area contributed by atoms with Crippen LogP contribution >= 0.6 is 11.3 Å². The van der Waals surface area contributed by atoms with E-state index in [-0.39, 0.29) is 0 Å². The first kappa shape index (κ1) is 39.2. The highest BCUT2D eigenvalue weighted by Gasteiger charge is 2.22. The lowest BCUT2D eigenvalue weighted by atomic mass is 9.99. The number of fused-ring (bicyclic) bond motifs is 11. The average Bonchev–Trinajstić information content (AvgIpc) is 4.10. The highest BCUT2D eigenvalue weighted by atomic mass is 32.1. The predicted octanol–water partition coefficient (Wildman–Crippen LogP) is 16.8. The molecule has 0 atom stereocenters. The normalized spacial score (nSPS) is 11.8. The van der Waals surface area contributed by atoms with Gasteiger partial charge in [0.1, 0.15) is 0 Å². The van der Waals surface area contributed by atoms with Crippen LogP contribution in [0.3, 0.4) is 0 Å². The summed E-state index contributed by atoms with van der Waals surface area (Å²) in [6.45, 7) is 0. The van der Waals surface area contributed by atoms with E-state index in [4.69, 9.17) is 15.0 Å². The van der Waals surface area contributed by atoms with Crippen LogP contribution in [0.5, 0.6) is 0 Å². The predicted molar refractivity (Wildman–Crippen MR) is 289 cm³/mol. The zero-order valence-electron chi connectivity index (χ0n) is 37.2. The molecular weight excluding hydrogens is 859 g/mol. The van der Waals surface area contributed by atoms with Gasteiger partial charge < -0.3 is 9.13 Å². The molecule has 10 aromatic carbocycles. The maximum atomic E-state index is 5.25. The number of thiophene rings is 1. The van der Waals surface area contributed by atoms with Crippen LogP contribution in [0.2, 0.25) is 0 Å². The molecule has 0 saturated carbocycles. The maximum absolute atomic E-state index is 5.25. The minimum atomic E-state index is 0.614. The molecule has 0 radical (unpaired) electrons. The molecule has 0 N–H and O–H groups in total. The third-order valence-electron chi connectivity index (χ3n) is 13.6. The molecule has 0 aliphatic heterocycles. The highest BCUT2D eigenvalue weighted by molar-refractivity contribution is 7.27. The number of hydrogen-bond acceptors (Lipinski definition) is 4. The highest BCUT2D eigenvalue weighted by Crippen LogP contribution is 2.47. The second kappa shape index (κ2) is 15.8. The van der Waals surface area contributed by atoms with E-state index in [0.29, 0.717) is 17.5 Å². The molecule has 322 valence electrons. The van der Waals surface area contributed by atoms with E-state index in [0.717, 1.165) is 50.3 Å². The Bertz CT molecular complexity index is 4270. The standard InChI is InChI=1S/C63H39N5S/c1-4-16-40(17-5-1)41-28-30-43(31-29-41)61-64-62(66-63(65-61)54-25-11-10-22-47(54)42-18-6-2-7-19-42)44-32-34-46(35-33-44)68-56-27-15-13-24-49(56)51-37-39-53-52-38-36-50-48-23-12-14-26-55(48)67(45-20-8-3-9-21-45)57(50)59(52)69-60(53)58(51)68/h1-39H. The van der Waals surface area contributed by atoms with Crippen LogP contribution in [-0.4, -0.2) is 24.1 Å². The summed E-state index contributed by atoms with van der Waals surface area (Å²) >= 11 is 1.90. The number of benzene rings is 10. The van der Waals surface area contributed by atoms with Gasteiger partial charge in [0.25, 0.3) is 0 Å². The molecule has 0 aliphatic rings. The van der Waals surface area contributed by atoms with Gasteiger partial charge in [-0.05, 0) is 70.8 Å². The lowest BCUT2D eigenvalue weighted by Gasteiger charge is -2.13. The van der Waals surface area contributed by atoms with Crippen LogP contribution in [0.15, 0.2) is 237 Å².